The summed E-state index contributed by atoms with van der Waals surface area (Å²) in [5.41, 5.74) is 12.5. The van der Waals surface area contributed by atoms with E-state index in [-0.39, 0.29) is 66.8 Å². The Kier molecular flexibility index (Phi) is 10.2. The molecular formula is C20H28Cl4N6O2. The summed E-state index contributed by atoms with van der Waals surface area (Å²) in [6, 6.07) is 8.07. The summed E-state index contributed by atoms with van der Waals surface area (Å²) in [4.78, 5) is 26.1. The van der Waals surface area contributed by atoms with Crippen molar-refractivity contribution in [3.05, 3.63) is 46.5 Å². The zero-order chi connectivity index (χ0) is 20.6. The number of rotatable bonds is 5. The van der Waals surface area contributed by atoms with Crippen LogP contribution in [0, 0.1) is 0 Å². The molecule has 2 heterocycles. The minimum Gasteiger partial charge on any atom is -0.369 e. The third kappa shape index (κ3) is 5.31. The van der Waals surface area contributed by atoms with Crippen LogP contribution in [0.3, 0.4) is 0 Å². The molecule has 1 fully saturated rings. The molecule has 1 aliphatic heterocycles. The normalized spacial score (nSPS) is 22.1. The van der Waals surface area contributed by atoms with E-state index >= 15 is 0 Å². The van der Waals surface area contributed by atoms with Gasteiger partial charge in [-0.15, -0.1) is 47.4 Å². The Labute approximate surface area is 210 Å². The van der Waals surface area contributed by atoms with Crippen molar-refractivity contribution in [2.75, 3.05) is 13.1 Å². The average molecular weight is 526 g/mol. The van der Waals surface area contributed by atoms with Crippen LogP contribution in [0.1, 0.15) is 47.7 Å². The highest BCUT2D eigenvalue weighted by Crippen LogP contribution is 2.41. The molecule has 8 nitrogen and oxygen atoms in total. The molecule has 0 unspecified atom stereocenters. The number of carbonyl (C=O) groups is 2. The maximum Gasteiger partial charge on any atom is 0.292 e. The fraction of sp³-hybridized carbons (Fsp3) is 0.500. The van der Waals surface area contributed by atoms with Crippen LogP contribution >= 0.6 is 48.8 Å². The predicted octanol–water partition coefficient (Wildman–Crippen LogP) is 2.52. The van der Waals surface area contributed by atoms with Gasteiger partial charge >= 0.3 is 0 Å². The highest BCUT2D eigenvalue weighted by Gasteiger charge is 2.40. The first-order valence-electron chi connectivity index (χ1n) is 9.91. The molecule has 2 amide bonds. The van der Waals surface area contributed by atoms with Crippen molar-refractivity contribution < 1.29 is 9.59 Å². The van der Waals surface area contributed by atoms with E-state index in [0.29, 0.717) is 25.5 Å². The molecule has 0 radical (unpaired) electrons. The zero-order valence-electron chi connectivity index (χ0n) is 17.4. The molecule has 0 spiro atoms. The maximum atomic E-state index is 13.0. The second-order valence-electron chi connectivity index (χ2n) is 7.96. The fourth-order valence-electron chi connectivity index (χ4n) is 4.70. The highest BCUT2D eigenvalue weighted by atomic mass is 35.5. The molecule has 12 heteroatoms. The lowest BCUT2D eigenvalue weighted by molar-refractivity contribution is -0.117. The van der Waals surface area contributed by atoms with E-state index in [1.807, 2.05) is 23.1 Å². The van der Waals surface area contributed by atoms with Gasteiger partial charge in [-0.25, -0.2) is 0 Å². The Morgan fingerprint density at radius 1 is 1.16 bits per heavy atom. The minimum absolute atomic E-state index is 0. The zero-order valence-corrected chi connectivity index (χ0v) is 20.6. The smallest absolute Gasteiger partial charge is 0.292 e. The van der Waals surface area contributed by atoms with Crippen LogP contribution in [0.5, 0.6) is 0 Å². The number of amides is 2. The van der Waals surface area contributed by atoms with E-state index in [1.54, 1.807) is 4.57 Å². The lowest BCUT2D eigenvalue weighted by Crippen LogP contribution is -2.51. The number of aromatic nitrogens is 3. The van der Waals surface area contributed by atoms with Gasteiger partial charge in [0.2, 0.25) is 11.7 Å². The first kappa shape index (κ1) is 28.5. The molecular weight excluding hydrogens is 498 g/mol. The summed E-state index contributed by atoms with van der Waals surface area (Å²) in [5, 5.41) is 8.72. The van der Waals surface area contributed by atoms with Gasteiger partial charge in [0.25, 0.3) is 5.91 Å². The van der Waals surface area contributed by atoms with Crippen LogP contribution < -0.4 is 11.5 Å². The van der Waals surface area contributed by atoms with Crippen LogP contribution in [-0.2, 0) is 23.2 Å². The Bertz CT molecular complexity index is 946. The number of carbonyl (C=O) groups excluding carboxylic acids is 2. The average Bonchev–Trinajstić information content (AvgIpc) is 3.11. The molecule has 0 bridgehead atoms. The Hall–Kier alpha value is -1.58. The molecule has 32 heavy (non-hydrogen) atoms. The number of nitrogens with two attached hydrogens (primary N) is 2. The number of halogens is 4. The summed E-state index contributed by atoms with van der Waals surface area (Å²) in [5.74, 6) is 0.124. The molecule has 2 aliphatic rings. The van der Waals surface area contributed by atoms with Gasteiger partial charge in [-0.2, -0.15) is 0 Å². The van der Waals surface area contributed by atoms with Crippen molar-refractivity contribution in [2.45, 2.75) is 50.1 Å². The Morgan fingerprint density at radius 2 is 1.84 bits per heavy atom. The van der Waals surface area contributed by atoms with E-state index in [9.17, 15) is 9.59 Å². The van der Waals surface area contributed by atoms with Crippen molar-refractivity contribution in [1.82, 2.24) is 19.7 Å². The van der Waals surface area contributed by atoms with Crippen LogP contribution in [0.15, 0.2) is 24.3 Å². The van der Waals surface area contributed by atoms with Crippen LogP contribution in [0.2, 0.25) is 5.02 Å². The predicted molar refractivity (Wildman–Crippen MR) is 130 cm³/mol. The van der Waals surface area contributed by atoms with E-state index in [4.69, 9.17) is 23.1 Å². The van der Waals surface area contributed by atoms with Gasteiger partial charge < -0.3 is 20.9 Å². The number of nitrogens with zero attached hydrogens (tertiary/aromatic N) is 4. The van der Waals surface area contributed by atoms with E-state index in [1.165, 1.54) is 5.56 Å². The molecule has 0 atom stereocenters. The molecule has 1 saturated carbocycles. The monoisotopic (exact) mass is 524 g/mol. The summed E-state index contributed by atoms with van der Waals surface area (Å²) in [6.07, 6.45) is 3.54. The van der Waals surface area contributed by atoms with Gasteiger partial charge in [-0.1, -0.05) is 23.7 Å². The van der Waals surface area contributed by atoms with E-state index < -0.39 is 5.91 Å². The van der Waals surface area contributed by atoms with Crippen LogP contribution in [0.25, 0.3) is 0 Å². The SMILES string of the molecule is Cl.Cl.Cl.NC[C@]1(c2cccc(Cl)c2)CC[C@H](N2CCn3c(CC(N)=O)nnc3C2=O)CC1. The van der Waals surface area contributed by atoms with Gasteiger partial charge in [-0.05, 0) is 43.4 Å². The lowest BCUT2D eigenvalue weighted by atomic mass is 9.68. The second kappa shape index (κ2) is 11.5. The molecule has 2 aromatic rings. The quantitative estimate of drug-likeness (QED) is 0.621. The van der Waals surface area contributed by atoms with Crippen molar-refractivity contribution in [1.29, 1.82) is 0 Å². The largest absolute Gasteiger partial charge is 0.369 e. The third-order valence-corrected chi connectivity index (χ3v) is 6.59. The summed E-state index contributed by atoms with van der Waals surface area (Å²) in [6.45, 7) is 1.70. The van der Waals surface area contributed by atoms with Crippen LogP contribution in [0.4, 0.5) is 0 Å². The lowest BCUT2D eigenvalue weighted by Gasteiger charge is -2.44. The number of benzene rings is 1. The first-order valence-corrected chi connectivity index (χ1v) is 10.3. The maximum absolute atomic E-state index is 13.0. The van der Waals surface area contributed by atoms with Crippen molar-refractivity contribution >= 4 is 60.6 Å². The van der Waals surface area contributed by atoms with Gasteiger partial charge in [0.05, 0.1) is 6.42 Å². The number of fused-ring (bicyclic) bond motifs is 1. The van der Waals surface area contributed by atoms with Crippen molar-refractivity contribution in [3.63, 3.8) is 0 Å². The van der Waals surface area contributed by atoms with Crippen molar-refractivity contribution in [3.8, 4) is 0 Å². The second-order valence-corrected chi connectivity index (χ2v) is 8.40. The topological polar surface area (TPSA) is 120 Å². The van der Waals surface area contributed by atoms with E-state index in [2.05, 4.69) is 16.3 Å². The van der Waals surface area contributed by atoms with Gasteiger partial charge in [0.1, 0.15) is 5.82 Å². The van der Waals surface area contributed by atoms with Gasteiger partial charge in [0, 0.05) is 36.1 Å². The number of hydrogen-bond donors (Lipinski definition) is 2. The molecule has 0 saturated heterocycles. The number of primary amides is 1. The van der Waals surface area contributed by atoms with E-state index in [0.717, 1.165) is 30.7 Å². The van der Waals surface area contributed by atoms with Gasteiger partial charge in [-0.3, -0.25) is 9.59 Å². The molecule has 4 N–H and O–H groups in total. The van der Waals surface area contributed by atoms with Gasteiger partial charge in [0.15, 0.2) is 0 Å². The third-order valence-electron chi connectivity index (χ3n) is 6.36. The summed E-state index contributed by atoms with van der Waals surface area (Å²) >= 11 is 6.20. The highest BCUT2D eigenvalue weighted by molar-refractivity contribution is 6.30. The molecule has 1 aromatic heterocycles. The fourth-order valence-corrected chi connectivity index (χ4v) is 4.89. The molecule has 4 rings (SSSR count). The number of hydrogen-bond acceptors (Lipinski definition) is 5. The molecule has 178 valence electrons. The summed E-state index contributed by atoms with van der Waals surface area (Å²) < 4.78 is 1.71. The standard InChI is InChI=1S/C20H25ClN6O2.3ClH/c21-14-3-1-2-13(10-14)20(12-22)6-4-15(5-7-20)26-8-9-27-17(11-16(23)28)24-25-18(27)19(26)29;;;/h1-3,10,15H,4-9,11-12,22H2,(H2,23,28);3*1H/t15-,20-;;;. The van der Waals surface area contributed by atoms with Crippen molar-refractivity contribution in [2.24, 2.45) is 11.5 Å². The Balaban J connectivity index is 0.00000171. The van der Waals surface area contributed by atoms with Crippen LogP contribution in [-0.4, -0.2) is 50.6 Å². The summed E-state index contributed by atoms with van der Waals surface area (Å²) in [7, 11) is 0. The Morgan fingerprint density at radius 3 is 2.44 bits per heavy atom. The minimum atomic E-state index is -0.485. The molecule has 1 aromatic carbocycles. The molecule has 1 aliphatic carbocycles. The first-order chi connectivity index (χ1) is 13.9.